The minimum absolute atomic E-state index is 0.792. The average Bonchev–Trinajstić information content (AvgIpc) is 2.45. The normalized spacial score (nSPS) is 15.7. The summed E-state index contributed by atoms with van der Waals surface area (Å²) in [6.45, 7) is 7.16. The molecule has 2 rings (SSSR count). The van der Waals surface area contributed by atoms with Crippen LogP contribution in [0.3, 0.4) is 0 Å². The Morgan fingerprint density at radius 1 is 1.28 bits per heavy atom. The highest BCUT2D eigenvalue weighted by Crippen LogP contribution is 2.20. The van der Waals surface area contributed by atoms with Crippen molar-refractivity contribution in [1.29, 1.82) is 0 Å². The lowest BCUT2D eigenvalue weighted by Gasteiger charge is -2.29. The first kappa shape index (κ1) is 13.1. The molecule has 2 heterocycles. The summed E-state index contributed by atoms with van der Waals surface area (Å²) in [6, 6.07) is 2.10. The highest BCUT2D eigenvalue weighted by molar-refractivity contribution is 5.48. The standard InChI is InChI=1S/C14H23N3O/c1-2-3-4-9-18-14-10-13(11-16-12-14)17-7-5-15-6-8-17/h10-12,15H,2-9H2,1H3. The molecule has 1 aliphatic heterocycles. The van der Waals surface area contributed by atoms with Gasteiger partial charge in [-0.3, -0.25) is 4.98 Å². The molecule has 100 valence electrons. The largest absolute Gasteiger partial charge is 0.492 e. The summed E-state index contributed by atoms with van der Waals surface area (Å²) in [5.74, 6) is 0.891. The quantitative estimate of drug-likeness (QED) is 0.783. The van der Waals surface area contributed by atoms with Gasteiger partial charge in [-0.1, -0.05) is 19.8 Å². The van der Waals surface area contributed by atoms with Crippen LogP contribution in [0.15, 0.2) is 18.5 Å². The maximum absolute atomic E-state index is 5.73. The van der Waals surface area contributed by atoms with Gasteiger partial charge in [-0.05, 0) is 6.42 Å². The number of anilines is 1. The van der Waals surface area contributed by atoms with Crippen molar-refractivity contribution in [2.75, 3.05) is 37.7 Å². The van der Waals surface area contributed by atoms with Crippen LogP contribution < -0.4 is 15.0 Å². The van der Waals surface area contributed by atoms with Crippen LogP contribution in [-0.4, -0.2) is 37.8 Å². The first-order valence-corrected chi connectivity index (χ1v) is 6.93. The van der Waals surface area contributed by atoms with Crippen molar-refractivity contribution in [3.8, 4) is 5.75 Å². The summed E-state index contributed by atoms with van der Waals surface area (Å²) >= 11 is 0. The average molecular weight is 249 g/mol. The molecule has 0 amide bonds. The summed E-state index contributed by atoms with van der Waals surface area (Å²) in [4.78, 5) is 6.62. The molecule has 0 saturated carbocycles. The lowest BCUT2D eigenvalue weighted by molar-refractivity contribution is 0.305. The van der Waals surface area contributed by atoms with Gasteiger partial charge in [0, 0.05) is 32.2 Å². The Bertz CT molecular complexity index is 351. The van der Waals surface area contributed by atoms with Crippen molar-refractivity contribution in [2.24, 2.45) is 0 Å². The number of aromatic nitrogens is 1. The fraction of sp³-hybridized carbons (Fsp3) is 0.643. The van der Waals surface area contributed by atoms with E-state index >= 15 is 0 Å². The van der Waals surface area contributed by atoms with Crippen LogP contribution in [0.5, 0.6) is 5.75 Å². The van der Waals surface area contributed by atoms with Gasteiger partial charge in [0.15, 0.2) is 0 Å². The topological polar surface area (TPSA) is 37.4 Å². The van der Waals surface area contributed by atoms with Gasteiger partial charge in [0.25, 0.3) is 0 Å². The summed E-state index contributed by atoms with van der Waals surface area (Å²) in [6.07, 6.45) is 7.30. The molecule has 1 aliphatic rings. The molecule has 0 atom stereocenters. The van der Waals surface area contributed by atoms with Crippen molar-refractivity contribution in [3.63, 3.8) is 0 Å². The number of nitrogens with zero attached hydrogens (tertiary/aromatic N) is 2. The number of ether oxygens (including phenoxy) is 1. The van der Waals surface area contributed by atoms with E-state index in [4.69, 9.17) is 4.74 Å². The molecule has 1 aromatic heterocycles. The second kappa shape index (κ2) is 7.21. The molecule has 4 nitrogen and oxygen atoms in total. The Kier molecular flexibility index (Phi) is 5.27. The maximum atomic E-state index is 5.73. The third kappa shape index (κ3) is 3.88. The lowest BCUT2D eigenvalue weighted by atomic mass is 10.3. The van der Waals surface area contributed by atoms with Gasteiger partial charge in [0.2, 0.25) is 0 Å². The van der Waals surface area contributed by atoms with E-state index in [0.717, 1.165) is 45.0 Å². The Morgan fingerprint density at radius 3 is 2.89 bits per heavy atom. The Balaban J connectivity index is 1.88. The second-order valence-electron chi connectivity index (χ2n) is 4.67. The van der Waals surface area contributed by atoms with E-state index in [9.17, 15) is 0 Å². The highest BCUT2D eigenvalue weighted by atomic mass is 16.5. The molecule has 1 saturated heterocycles. The van der Waals surface area contributed by atoms with Gasteiger partial charge in [-0.25, -0.2) is 0 Å². The summed E-state index contributed by atoms with van der Waals surface area (Å²) in [7, 11) is 0. The predicted octanol–water partition coefficient (Wildman–Crippen LogP) is 2.06. The smallest absolute Gasteiger partial charge is 0.139 e. The molecule has 1 fully saturated rings. The molecule has 0 bridgehead atoms. The first-order valence-electron chi connectivity index (χ1n) is 6.93. The van der Waals surface area contributed by atoms with E-state index in [-0.39, 0.29) is 0 Å². The van der Waals surface area contributed by atoms with Crippen LogP contribution in [0, 0.1) is 0 Å². The number of piperazine rings is 1. The van der Waals surface area contributed by atoms with E-state index in [0.29, 0.717) is 0 Å². The van der Waals surface area contributed by atoms with Gasteiger partial charge in [-0.2, -0.15) is 0 Å². The molecule has 1 aromatic rings. The van der Waals surface area contributed by atoms with Gasteiger partial charge in [-0.15, -0.1) is 0 Å². The maximum Gasteiger partial charge on any atom is 0.139 e. The molecule has 0 aliphatic carbocycles. The zero-order chi connectivity index (χ0) is 12.6. The number of hydrogen-bond donors (Lipinski definition) is 1. The van der Waals surface area contributed by atoms with Crippen LogP contribution >= 0.6 is 0 Å². The summed E-state index contributed by atoms with van der Waals surface area (Å²) in [5, 5.41) is 3.35. The van der Waals surface area contributed by atoms with Crippen molar-refractivity contribution < 1.29 is 4.74 Å². The molecule has 0 radical (unpaired) electrons. The van der Waals surface area contributed by atoms with Gasteiger partial charge in [0.1, 0.15) is 5.75 Å². The number of unbranched alkanes of at least 4 members (excludes halogenated alkanes) is 2. The van der Waals surface area contributed by atoms with E-state index in [1.54, 1.807) is 6.20 Å². The number of nitrogens with one attached hydrogen (secondary N) is 1. The van der Waals surface area contributed by atoms with E-state index < -0.39 is 0 Å². The Labute approximate surface area is 109 Å². The van der Waals surface area contributed by atoms with Crippen LogP contribution in [0.1, 0.15) is 26.2 Å². The molecule has 0 spiro atoms. The molecule has 18 heavy (non-hydrogen) atoms. The second-order valence-corrected chi connectivity index (χ2v) is 4.67. The molecule has 4 heteroatoms. The zero-order valence-corrected chi connectivity index (χ0v) is 11.2. The fourth-order valence-electron chi connectivity index (χ4n) is 2.12. The fourth-order valence-corrected chi connectivity index (χ4v) is 2.12. The third-order valence-corrected chi connectivity index (χ3v) is 3.20. The molecular formula is C14H23N3O. The summed E-state index contributed by atoms with van der Waals surface area (Å²) < 4.78 is 5.73. The highest BCUT2D eigenvalue weighted by Gasteiger charge is 2.11. The Hall–Kier alpha value is -1.29. The molecule has 1 N–H and O–H groups in total. The third-order valence-electron chi connectivity index (χ3n) is 3.20. The van der Waals surface area contributed by atoms with Crippen molar-refractivity contribution in [2.45, 2.75) is 26.2 Å². The SMILES string of the molecule is CCCCCOc1cncc(N2CCNCC2)c1. The van der Waals surface area contributed by atoms with Crippen molar-refractivity contribution in [3.05, 3.63) is 18.5 Å². The predicted molar refractivity (Wildman–Crippen MR) is 74.3 cm³/mol. The van der Waals surface area contributed by atoms with E-state index in [1.807, 2.05) is 6.20 Å². The lowest BCUT2D eigenvalue weighted by Crippen LogP contribution is -2.43. The monoisotopic (exact) mass is 249 g/mol. The van der Waals surface area contributed by atoms with Crippen LogP contribution in [-0.2, 0) is 0 Å². The minimum Gasteiger partial charge on any atom is -0.492 e. The van der Waals surface area contributed by atoms with Gasteiger partial charge >= 0.3 is 0 Å². The zero-order valence-electron chi connectivity index (χ0n) is 11.2. The first-order chi connectivity index (χ1) is 8.90. The van der Waals surface area contributed by atoms with E-state index in [2.05, 4.69) is 28.2 Å². The Morgan fingerprint density at radius 2 is 2.11 bits per heavy atom. The molecule has 0 unspecified atom stereocenters. The van der Waals surface area contributed by atoms with Crippen molar-refractivity contribution >= 4 is 5.69 Å². The van der Waals surface area contributed by atoms with E-state index in [1.165, 1.54) is 18.5 Å². The minimum atomic E-state index is 0.792. The van der Waals surface area contributed by atoms with Gasteiger partial charge in [0.05, 0.1) is 24.7 Å². The van der Waals surface area contributed by atoms with Crippen molar-refractivity contribution in [1.82, 2.24) is 10.3 Å². The number of rotatable bonds is 6. The molecular weight excluding hydrogens is 226 g/mol. The molecule has 0 aromatic carbocycles. The van der Waals surface area contributed by atoms with Gasteiger partial charge < -0.3 is 15.0 Å². The van der Waals surface area contributed by atoms with Crippen LogP contribution in [0.2, 0.25) is 0 Å². The van der Waals surface area contributed by atoms with Crippen LogP contribution in [0.25, 0.3) is 0 Å². The summed E-state index contributed by atoms with van der Waals surface area (Å²) in [5.41, 5.74) is 1.17. The number of hydrogen-bond acceptors (Lipinski definition) is 4. The number of pyridine rings is 1. The van der Waals surface area contributed by atoms with Crippen LogP contribution in [0.4, 0.5) is 5.69 Å².